The molecule has 23 heavy (non-hydrogen) atoms. The lowest BCUT2D eigenvalue weighted by Gasteiger charge is -2.27. The molecule has 0 spiro atoms. The SMILES string of the molecule is CCc1nc(N[C@@H]2CC(=O)N(CC3CCCCC3)C2)ncc1C. The third kappa shape index (κ3) is 4.01. The van der Waals surface area contributed by atoms with Crippen molar-refractivity contribution in [3.05, 3.63) is 17.5 Å². The quantitative estimate of drug-likeness (QED) is 0.907. The topological polar surface area (TPSA) is 58.1 Å². The lowest BCUT2D eigenvalue weighted by molar-refractivity contribution is -0.128. The minimum absolute atomic E-state index is 0.138. The maximum Gasteiger partial charge on any atom is 0.224 e. The van der Waals surface area contributed by atoms with Crippen LogP contribution in [0, 0.1) is 12.8 Å². The normalized spacial score (nSPS) is 22.6. The van der Waals surface area contributed by atoms with Gasteiger partial charge in [0.05, 0.1) is 6.04 Å². The van der Waals surface area contributed by atoms with Crippen LogP contribution in [-0.2, 0) is 11.2 Å². The summed E-state index contributed by atoms with van der Waals surface area (Å²) >= 11 is 0. The molecule has 1 aliphatic carbocycles. The fourth-order valence-electron chi connectivity index (χ4n) is 3.81. The second-order valence-electron chi connectivity index (χ2n) is 7.03. The van der Waals surface area contributed by atoms with Crippen LogP contribution < -0.4 is 5.32 Å². The molecule has 1 aromatic heterocycles. The number of rotatable bonds is 5. The fourth-order valence-corrected chi connectivity index (χ4v) is 3.81. The minimum atomic E-state index is 0.138. The van der Waals surface area contributed by atoms with Crippen molar-refractivity contribution in [2.24, 2.45) is 5.92 Å². The Morgan fingerprint density at radius 2 is 2.09 bits per heavy atom. The highest BCUT2D eigenvalue weighted by Crippen LogP contribution is 2.26. The van der Waals surface area contributed by atoms with Gasteiger partial charge in [-0.15, -0.1) is 0 Å². The molecule has 0 radical (unpaired) electrons. The van der Waals surface area contributed by atoms with Crippen LogP contribution in [0.1, 0.15) is 56.7 Å². The van der Waals surface area contributed by atoms with E-state index in [0.717, 1.165) is 30.8 Å². The summed E-state index contributed by atoms with van der Waals surface area (Å²) in [4.78, 5) is 23.2. The molecular weight excluding hydrogens is 288 g/mol. The van der Waals surface area contributed by atoms with Crippen LogP contribution in [0.5, 0.6) is 0 Å². The first-order chi connectivity index (χ1) is 11.2. The molecule has 3 rings (SSSR count). The van der Waals surface area contributed by atoms with E-state index in [-0.39, 0.29) is 11.9 Å². The van der Waals surface area contributed by atoms with Crippen molar-refractivity contribution in [3.63, 3.8) is 0 Å². The monoisotopic (exact) mass is 316 g/mol. The first-order valence-electron chi connectivity index (χ1n) is 9.02. The predicted octanol–water partition coefficient (Wildman–Crippen LogP) is 2.94. The van der Waals surface area contributed by atoms with E-state index >= 15 is 0 Å². The molecule has 1 atom stereocenters. The van der Waals surface area contributed by atoms with Crippen LogP contribution in [0.4, 0.5) is 5.95 Å². The minimum Gasteiger partial charge on any atom is -0.349 e. The molecule has 5 heteroatoms. The van der Waals surface area contributed by atoms with Gasteiger partial charge >= 0.3 is 0 Å². The van der Waals surface area contributed by atoms with Crippen LogP contribution in [0.25, 0.3) is 0 Å². The number of amides is 1. The van der Waals surface area contributed by atoms with E-state index in [2.05, 4.69) is 22.2 Å². The second kappa shape index (κ2) is 7.28. The molecule has 1 aliphatic heterocycles. The Morgan fingerprint density at radius 3 is 2.83 bits per heavy atom. The number of likely N-dealkylation sites (tertiary alicyclic amines) is 1. The van der Waals surface area contributed by atoms with Gasteiger partial charge in [-0.3, -0.25) is 4.79 Å². The fraction of sp³-hybridized carbons (Fsp3) is 0.722. The number of anilines is 1. The standard InChI is InChI=1S/C18H28N4O/c1-3-16-13(2)10-19-18(21-16)20-15-9-17(23)22(12-15)11-14-7-5-4-6-8-14/h10,14-15H,3-9,11-12H2,1-2H3,(H,19,20,21)/t15-/m1/s1. The van der Waals surface area contributed by atoms with Crippen LogP contribution >= 0.6 is 0 Å². The number of hydrogen-bond donors (Lipinski definition) is 1. The summed E-state index contributed by atoms with van der Waals surface area (Å²) in [6.07, 6.45) is 9.90. The second-order valence-corrected chi connectivity index (χ2v) is 7.03. The largest absolute Gasteiger partial charge is 0.349 e. The van der Waals surface area contributed by atoms with E-state index < -0.39 is 0 Å². The van der Waals surface area contributed by atoms with Gasteiger partial charge < -0.3 is 10.2 Å². The van der Waals surface area contributed by atoms with Crippen molar-refractivity contribution in [1.82, 2.24) is 14.9 Å². The Hall–Kier alpha value is -1.65. The number of hydrogen-bond acceptors (Lipinski definition) is 4. The Labute approximate surface area is 138 Å². The van der Waals surface area contributed by atoms with Crippen LogP contribution in [0.3, 0.4) is 0 Å². The van der Waals surface area contributed by atoms with Gasteiger partial charge in [0.25, 0.3) is 0 Å². The maximum absolute atomic E-state index is 12.3. The lowest BCUT2D eigenvalue weighted by Crippen LogP contribution is -2.33. The average molecular weight is 316 g/mol. The number of carbonyl (C=O) groups excluding carboxylic acids is 1. The molecule has 2 heterocycles. The van der Waals surface area contributed by atoms with Gasteiger partial charge in [-0.25, -0.2) is 9.97 Å². The van der Waals surface area contributed by atoms with Crippen LogP contribution in [-0.4, -0.2) is 39.9 Å². The number of carbonyl (C=O) groups is 1. The molecule has 5 nitrogen and oxygen atoms in total. The van der Waals surface area contributed by atoms with Crippen molar-refractivity contribution >= 4 is 11.9 Å². The van der Waals surface area contributed by atoms with Gasteiger partial charge in [0.2, 0.25) is 11.9 Å². The number of aromatic nitrogens is 2. The summed E-state index contributed by atoms with van der Waals surface area (Å²) < 4.78 is 0. The van der Waals surface area contributed by atoms with Crippen molar-refractivity contribution in [3.8, 4) is 0 Å². The predicted molar refractivity (Wildman–Crippen MR) is 91.3 cm³/mol. The van der Waals surface area contributed by atoms with Crippen molar-refractivity contribution in [1.29, 1.82) is 0 Å². The van der Waals surface area contributed by atoms with E-state index in [1.165, 1.54) is 32.1 Å². The van der Waals surface area contributed by atoms with Gasteiger partial charge in [-0.1, -0.05) is 26.2 Å². The smallest absolute Gasteiger partial charge is 0.224 e. The molecule has 2 fully saturated rings. The number of nitrogens with zero attached hydrogens (tertiary/aromatic N) is 3. The summed E-state index contributed by atoms with van der Waals surface area (Å²) in [7, 11) is 0. The summed E-state index contributed by atoms with van der Waals surface area (Å²) in [5.74, 6) is 1.63. The molecule has 1 aromatic rings. The van der Waals surface area contributed by atoms with Gasteiger partial charge in [0.1, 0.15) is 0 Å². The van der Waals surface area contributed by atoms with Crippen LogP contribution in [0.2, 0.25) is 0 Å². The summed E-state index contributed by atoms with van der Waals surface area (Å²) in [6.45, 7) is 5.86. The molecule has 2 aliphatic rings. The molecule has 0 bridgehead atoms. The molecule has 0 aromatic carbocycles. The van der Waals surface area contributed by atoms with E-state index in [0.29, 0.717) is 18.3 Å². The zero-order valence-corrected chi connectivity index (χ0v) is 14.3. The highest BCUT2D eigenvalue weighted by atomic mass is 16.2. The van der Waals surface area contributed by atoms with E-state index in [1.54, 1.807) is 0 Å². The molecule has 1 saturated carbocycles. The summed E-state index contributed by atoms with van der Waals surface area (Å²) in [5, 5.41) is 3.36. The Morgan fingerprint density at radius 1 is 1.30 bits per heavy atom. The highest BCUT2D eigenvalue weighted by molar-refractivity contribution is 5.79. The molecular formula is C18H28N4O. The van der Waals surface area contributed by atoms with E-state index in [4.69, 9.17) is 0 Å². The van der Waals surface area contributed by atoms with Crippen molar-refractivity contribution < 1.29 is 4.79 Å². The molecule has 0 unspecified atom stereocenters. The Balaban J connectivity index is 1.56. The Kier molecular flexibility index (Phi) is 5.13. The van der Waals surface area contributed by atoms with Crippen molar-refractivity contribution in [2.75, 3.05) is 18.4 Å². The van der Waals surface area contributed by atoms with E-state index in [1.807, 2.05) is 18.0 Å². The van der Waals surface area contributed by atoms with E-state index in [9.17, 15) is 4.79 Å². The average Bonchev–Trinajstić information content (AvgIpc) is 2.89. The lowest BCUT2D eigenvalue weighted by atomic mass is 9.89. The van der Waals surface area contributed by atoms with Gasteiger partial charge in [0, 0.05) is 31.4 Å². The van der Waals surface area contributed by atoms with Crippen LogP contribution in [0.15, 0.2) is 6.20 Å². The molecule has 1 saturated heterocycles. The zero-order chi connectivity index (χ0) is 16.2. The maximum atomic E-state index is 12.3. The van der Waals surface area contributed by atoms with Crippen molar-refractivity contribution in [2.45, 2.75) is 64.8 Å². The molecule has 1 N–H and O–H groups in total. The van der Waals surface area contributed by atoms with Gasteiger partial charge in [-0.05, 0) is 37.7 Å². The van der Waals surface area contributed by atoms with Gasteiger partial charge in [-0.2, -0.15) is 0 Å². The third-order valence-electron chi connectivity index (χ3n) is 5.16. The first-order valence-corrected chi connectivity index (χ1v) is 9.02. The molecule has 1 amide bonds. The number of nitrogens with one attached hydrogen (secondary N) is 1. The highest BCUT2D eigenvalue weighted by Gasteiger charge is 2.31. The summed E-state index contributed by atoms with van der Waals surface area (Å²) in [5.41, 5.74) is 2.20. The number of aryl methyl sites for hydroxylation is 2. The first kappa shape index (κ1) is 16.2. The zero-order valence-electron chi connectivity index (χ0n) is 14.3. The Bertz CT molecular complexity index is 554. The molecule has 126 valence electrons. The summed E-state index contributed by atoms with van der Waals surface area (Å²) in [6, 6.07) is 0.138. The van der Waals surface area contributed by atoms with Gasteiger partial charge in [0.15, 0.2) is 0 Å². The third-order valence-corrected chi connectivity index (χ3v) is 5.16.